The van der Waals surface area contributed by atoms with Crippen LogP contribution < -0.4 is 14.4 Å². The Hall–Kier alpha value is -3.54. The second-order valence-electron chi connectivity index (χ2n) is 9.36. The fourth-order valence-electron chi connectivity index (χ4n) is 6.01. The maximum atomic E-state index is 13.8. The van der Waals surface area contributed by atoms with Crippen LogP contribution in [-0.4, -0.2) is 26.0 Å². The van der Waals surface area contributed by atoms with Crippen LogP contribution in [0.4, 0.5) is 5.69 Å². The number of imide groups is 1. The van der Waals surface area contributed by atoms with Gasteiger partial charge >= 0.3 is 0 Å². The van der Waals surface area contributed by atoms with Crippen molar-refractivity contribution in [3.8, 4) is 11.5 Å². The Morgan fingerprint density at radius 1 is 0.730 bits per heavy atom. The largest absolute Gasteiger partial charge is 0.497 e. The zero-order chi connectivity index (χ0) is 25.8. The molecule has 4 atom stereocenters. The van der Waals surface area contributed by atoms with Crippen LogP contribution in [0, 0.1) is 23.7 Å². The Labute approximate surface area is 224 Å². The average molecular weight is 532 g/mol. The lowest BCUT2D eigenvalue weighted by Gasteiger charge is -2.22. The Balaban J connectivity index is 1.48. The highest BCUT2D eigenvalue weighted by atomic mass is 35.5. The number of nitrogens with zero attached hydrogens (tertiary/aromatic N) is 1. The zero-order valence-corrected chi connectivity index (χ0v) is 21.7. The van der Waals surface area contributed by atoms with Gasteiger partial charge in [-0.15, -0.1) is 0 Å². The lowest BCUT2D eigenvalue weighted by atomic mass is 9.85. The first kappa shape index (κ1) is 23.8. The van der Waals surface area contributed by atoms with Gasteiger partial charge in [0.15, 0.2) is 0 Å². The molecular formula is C30H23Cl2NO4. The zero-order valence-electron chi connectivity index (χ0n) is 20.2. The van der Waals surface area contributed by atoms with Crippen molar-refractivity contribution < 1.29 is 19.1 Å². The van der Waals surface area contributed by atoms with Crippen LogP contribution in [0.2, 0.25) is 10.0 Å². The number of hydrogen-bond donors (Lipinski definition) is 0. The van der Waals surface area contributed by atoms with E-state index in [4.69, 9.17) is 32.7 Å². The van der Waals surface area contributed by atoms with E-state index in [-0.39, 0.29) is 28.7 Å². The number of allylic oxidation sites excluding steroid dienone is 3. The first-order valence-electron chi connectivity index (χ1n) is 12.0. The van der Waals surface area contributed by atoms with Gasteiger partial charge in [0.05, 0.1) is 41.8 Å². The fraction of sp³-hybridized carbons (Fsp3) is 0.200. The Kier molecular flexibility index (Phi) is 5.85. The number of halogens is 2. The van der Waals surface area contributed by atoms with Crippen LogP contribution in [0.25, 0.3) is 5.57 Å². The van der Waals surface area contributed by atoms with E-state index in [1.54, 1.807) is 32.4 Å². The van der Waals surface area contributed by atoms with E-state index < -0.39 is 11.8 Å². The van der Waals surface area contributed by atoms with Gasteiger partial charge in [-0.1, -0.05) is 65.7 Å². The molecule has 3 aliphatic rings. The molecule has 1 heterocycles. The molecule has 0 N–H and O–H groups in total. The molecule has 5 nitrogen and oxygen atoms in total. The van der Waals surface area contributed by atoms with Crippen molar-refractivity contribution in [1.82, 2.24) is 0 Å². The molecule has 0 radical (unpaired) electrons. The fourth-order valence-corrected chi connectivity index (χ4v) is 6.39. The van der Waals surface area contributed by atoms with Crippen molar-refractivity contribution >= 4 is 46.3 Å². The van der Waals surface area contributed by atoms with E-state index >= 15 is 0 Å². The minimum absolute atomic E-state index is 0.200. The molecule has 0 spiro atoms. The van der Waals surface area contributed by atoms with Crippen LogP contribution in [0.15, 0.2) is 84.5 Å². The molecule has 2 amide bonds. The number of ether oxygens (including phenoxy) is 2. The molecule has 1 aliphatic heterocycles. The van der Waals surface area contributed by atoms with E-state index in [9.17, 15) is 9.59 Å². The summed E-state index contributed by atoms with van der Waals surface area (Å²) >= 11 is 12.6. The molecule has 6 rings (SSSR count). The van der Waals surface area contributed by atoms with Crippen molar-refractivity contribution in [3.05, 3.63) is 106 Å². The summed E-state index contributed by atoms with van der Waals surface area (Å²) in [6.07, 6.45) is 4.14. The standard InChI is InChI=1S/C30H23Cl2NO4/c1-36-18-10-6-16(7-11-18)24(17-8-12-19(37-2)13-9-17)25-20-14-15-21(25)27-26(20)29(34)33(30(27)35)23-5-3-4-22(31)28(23)32/h3-15,20-21,26-27H,1-2H3/t20-,21-,26-,27-/m1/s1. The second-order valence-corrected chi connectivity index (χ2v) is 10.1. The quantitative estimate of drug-likeness (QED) is 0.281. The number of carbonyl (C=O) groups is 2. The summed E-state index contributed by atoms with van der Waals surface area (Å²) in [5.41, 5.74) is 4.44. The van der Waals surface area contributed by atoms with Gasteiger partial charge in [0.1, 0.15) is 11.5 Å². The van der Waals surface area contributed by atoms with Gasteiger partial charge in [-0.2, -0.15) is 0 Å². The van der Waals surface area contributed by atoms with Crippen LogP contribution >= 0.6 is 23.2 Å². The molecule has 0 unspecified atom stereocenters. The molecule has 1 saturated heterocycles. The third kappa shape index (κ3) is 3.60. The molecule has 37 heavy (non-hydrogen) atoms. The highest BCUT2D eigenvalue weighted by molar-refractivity contribution is 6.45. The number of anilines is 1. The first-order chi connectivity index (χ1) is 17.9. The van der Waals surface area contributed by atoms with Gasteiger partial charge in [0.2, 0.25) is 11.8 Å². The smallest absolute Gasteiger partial charge is 0.238 e. The van der Waals surface area contributed by atoms with Crippen molar-refractivity contribution in [2.24, 2.45) is 23.7 Å². The summed E-state index contributed by atoms with van der Waals surface area (Å²) in [5.74, 6) is -0.340. The average Bonchev–Trinajstić information content (AvgIpc) is 3.56. The lowest BCUT2D eigenvalue weighted by molar-refractivity contribution is -0.122. The van der Waals surface area contributed by atoms with Crippen LogP contribution in [0.5, 0.6) is 11.5 Å². The molecule has 186 valence electrons. The minimum Gasteiger partial charge on any atom is -0.497 e. The van der Waals surface area contributed by atoms with Crippen molar-refractivity contribution in [2.45, 2.75) is 0 Å². The molecular weight excluding hydrogens is 509 g/mol. The Morgan fingerprint density at radius 2 is 1.22 bits per heavy atom. The number of amides is 2. The molecule has 3 aromatic rings. The maximum absolute atomic E-state index is 13.8. The lowest BCUT2D eigenvalue weighted by Crippen LogP contribution is -2.33. The number of methoxy groups -OCH3 is 2. The topological polar surface area (TPSA) is 55.8 Å². The molecule has 2 bridgehead atoms. The van der Waals surface area contributed by atoms with Gasteiger partial charge in [-0.05, 0) is 58.7 Å². The van der Waals surface area contributed by atoms with E-state index in [1.807, 2.05) is 48.5 Å². The van der Waals surface area contributed by atoms with Gasteiger partial charge in [0, 0.05) is 11.8 Å². The van der Waals surface area contributed by atoms with E-state index in [1.165, 1.54) is 4.90 Å². The summed E-state index contributed by atoms with van der Waals surface area (Å²) < 4.78 is 10.7. The number of fused-ring (bicyclic) bond motifs is 5. The highest BCUT2D eigenvalue weighted by Gasteiger charge is 2.62. The SMILES string of the molecule is COc1ccc(C(=C2[C@H]3C=C[C@H]2[C@H]2C(=O)N(c4cccc(Cl)c4Cl)C(=O)[C@@H]23)c2ccc(OC)cc2)cc1. The predicted molar refractivity (Wildman–Crippen MR) is 144 cm³/mol. The van der Waals surface area contributed by atoms with Gasteiger partial charge < -0.3 is 9.47 Å². The first-order valence-corrected chi connectivity index (χ1v) is 12.7. The normalized spacial score (nSPS) is 23.6. The summed E-state index contributed by atoms with van der Waals surface area (Å²) in [4.78, 5) is 28.8. The summed E-state index contributed by atoms with van der Waals surface area (Å²) in [5, 5.41) is 0.513. The Bertz CT molecular complexity index is 1390. The molecule has 1 saturated carbocycles. The van der Waals surface area contributed by atoms with Crippen molar-refractivity contribution in [3.63, 3.8) is 0 Å². The summed E-state index contributed by atoms with van der Waals surface area (Å²) in [6, 6.07) is 20.7. The van der Waals surface area contributed by atoms with Crippen LogP contribution in [0.3, 0.4) is 0 Å². The number of carbonyl (C=O) groups excluding carboxylic acids is 2. The van der Waals surface area contributed by atoms with Gasteiger partial charge in [-0.3, -0.25) is 9.59 Å². The highest BCUT2D eigenvalue weighted by Crippen LogP contribution is 2.59. The number of benzene rings is 3. The van der Waals surface area contributed by atoms with E-state index in [0.29, 0.717) is 10.7 Å². The minimum atomic E-state index is -0.487. The third-order valence-corrected chi connectivity index (χ3v) is 8.44. The van der Waals surface area contributed by atoms with E-state index in [0.717, 1.165) is 33.8 Å². The molecule has 7 heteroatoms. The van der Waals surface area contributed by atoms with Gasteiger partial charge in [0.25, 0.3) is 0 Å². The number of hydrogen-bond acceptors (Lipinski definition) is 4. The van der Waals surface area contributed by atoms with Crippen LogP contribution in [0.1, 0.15) is 11.1 Å². The third-order valence-electron chi connectivity index (χ3n) is 7.63. The van der Waals surface area contributed by atoms with Crippen LogP contribution in [-0.2, 0) is 9.59 Å². The Morgan fingerprint density at radius 3 is 1.68 bits per heavy atom. The summed E-state index contributed by atoms with van der Waals surface area (Å²) in [7, 11) is 3.27. The van der Waals surface area contributed by atoms with Crippen molar-refractivity contribution in [1.29, 1.82) is 0 Å². The summed E-state index contributed by atoms with van der Waals surface area (Å²) in [6.45, 7) is 0. The van der Waals surface area contributed by atoms with Gasteiger partial charge in [-0.25, -0.2) is 4.90 Å². The predicted octanol–water partition coefficient (Wildman–Crippen LogP) is 6.43. The maximum Gasteiger partial charge on any atom is 0.238 e. The molecule has 3 aromatic carbocycles. The molecule has 2 aliphatic carbocycles. The molecule has 0 aromatic heterocycles. The monoisotopic (exact) mass is 531 g/mol. The number of rotatable bonds is 5. The second kappa shape index (κ2) is 9.09. The molecule has 2 fully saturated rings. The van der Waals surface area contributed by atoms with Crippen molar-refractivity contribution in [2.75, 3.05) is 19.1 Å². The van der Waals surface area contributed by atoms with E-state index in [2.05, 4.69) is 12.2 Å².